The predicted octanol–water partition coefficient (Wildman–Crippen LogP) is 4.30. The number of nitriles is 1. The minimum atomic E-state index is -0.952. The second-order valence-electron chi connectivity index (χ2n) is 6.61. The van der Waals surface area contributed by atoms with Crippen LogP contribution in [0.2, 0.25) is 5.02 Å². The Morgan fingerprint density at radius 1 is 1.25 bits per heavy atom. The van der Waals surface area contributed by atoms with E-state index in [2.05, 4.69) is 10.2 Å². The first-order chi connectivity index (χ1) is 15.2. The lowest BCUT2D eigenvalue weighted by Gasteiger charge is -2.25. The van der Waals surface area contributed by atoms with Gasteiger partial charge in [0.1, 0.15) is 17.5 Å². The van der Waals surface area contributed by atoms with Crippen molar-refractivity contribution in [2.45, 2.75) is 30.2 Å². The Balaban J connectivity index is 1.86. The zero-order chi connectivity index (χ0) is 23.4. The van der Waals surface area contributed by atoms with Gasteiger partial charge in [0, 0.05) is 23.1 Å². The molecule has 32 heavy (non-hydrogen) atoms. The van der Waals surface area contributed by atoms with Gasteiger partial charge in [0.25, 0.3) is 0 Å². The van der Waals surface area contributed by atoms with Gasteiger partial charge in [-0.05, 0) is 25.1 Å². The van der Waals surface area contributed by atoms with Gasteiger partial charge in [-0.15, -0.1) is 16.9 Å². The van der Waals surface area contributed by atoms with E-state index >= 15 is 0 Å². The van der Waals surface area contributed by atoms with Crippen LogP contribution in [0.1, 0.15) is 23.9 Å². The molecule has 0 saturated carbocycles. The van der Waals surface area contributed by atoms with Crippen molar-refractivity contribution >= 4 is 35.3 Å². The van der Waals surface area contributed by atoms with Crippen molar-refractivity contribution in [1.82, 2.24) is 15.1 Å². The lowest BCUT2D eigenvalue weighted by atomic mass is 10.1. The van der Waals surface area contributed by atoms with Crippen LogP contribution in [-0.4, -0.2) is 26.3 Å². The number of carbonyl (C=O) groups is 1. The highest BCUT2D eigenvalue weighted by atomic mass is 35.5. The second-order valence-corrected chi connectivity index (χ2v) is 8.37. The summed E-state index contributed by atoms with van der Waals surface area (Å²) < 4.78 is 46.9. The molecule has 0 fully saturated rings. The Bertz CT molecular complexity index is 1200. The summed E-state index contributed by atoms with van der Waals surface area (Å²) in [7, 11) is 0. The Kier molecular flexibility index (Phi) is 7.27. The second kappa shape index (κ2) is 9.93. The average molecular weight is 482 g/mol. The van der Waals surface area contributed by atoms with Gasteiger partial charge in [0.2, 0.25) is 11.8 Å². The molecule has 0 aliphatic rings. The molecule has 0 aliphatic carbocycles. The number of benzene rings is 2. The summed E-state index contributed by atoms with van der Waals surface area (Å²) in [5.41, 5.74) is 5.68. The molecule has 0 radical (unpaired) electrons. The number of nitrogens with zero attached hydrogens (tertiary/aromatic N) is 4. The first-order valence-corrected chi connectivity index (χ1v) is 10.3. The number of hydrogen-bond acceptors (Lipinski definition) is 7. The van der Waals surface area contributed by atoms with Gasteiger partial charge in [0.15, 0.2) is 0 Å². The molecule has 2 aromatic carbocycles. The fourth-order valence-electron chi connectivity index (χ4n) is 2.77. The fourth-order valence-corrected chi connectivity index (χ4v) is 4.03. The van der Waals surface area contributed by atoms with Crippen molar-refractivity contribution in [1.29, 1.82) is 5.26 Å². The number of nitrogen functional groups attached to an aromatic ring is 1. The summed E-state index contributed by atoms with van der Waals surface area (Å²) in [6, 6.07) is 7.13. The molecule has 0 saturated heterocycles. The van der Waals surface area contributed by atoms with Gasteiger partial charge in [-0.2, -0.15) is 5.26 Å². The molecule has 7 nitrogen and oxygen atoms in total. The Morgan fingerprint density at radius 2 is 2.00 bits per heavy atom. The van der Waals surface area contributed by atoms with Crippen LogP contribution in [0.5, 0.6) is 0 Å². The number of aromatic nitrogens is 2. The number of hydrogen-bond donors (Lipinski definition) is 1. The highest BCUT2D eigenvalue weighted by molar-refractivity contribution is 8.00. The minimum Gasteiger partial charge on any atom is -0.406 e. The van der Waals surface area contributed by atoms with Gasteiger partial charge in [0.05, 0.1) is 28.5 Å². The minimum absolute atomic E-state index is 0.0111. The maximum Gasteiger partial charge on any atom is 0.312 e. The largest absolute Gasteiger partial charge is 0.406 e. The van der Waals surface area contributed by atoms with E-state index in [-0.39, 0.29) is 46.0 Å². The molecule has 1 aromatic heterocycles. The van der Waals surface area contributed by atoms with Crippen molar-refractivity contribution in [3.63, 3.8) is 0 Å². The first kappa shape index (κ1) is 23.4. The van der Waals surface area contributed by atoms with E-state index < -0.39 is 28.6 Å². The number of halogens is 4. The van der Waals surface area contributed by atoms with Crippen LogP contribution in [0.4, 0.5) is 19.2 Å². The maximum absolute atomic E-state index is 14.4. The lowest BCUT2D eigenvalue weighted by molar-refractivity contribution is -0.131. The van der Waals surface area contributed by atoms with Crippen LogP contribution in [0.15, 0.2) is 39.6 Å². The van der Waals surface area contributed by atoms with Crippen molar-refractivity contribution < 1.29 is 22.4 Å². The summed E-state index contributed by atoms with van der Waals surface area (Å²) in [5, 5.41) is 15.0. The van der Waals surface area contributed by atoms with Gasteiger partial charge in [-0.25, -0.2) is 13.2 Å². The quantitative estimate of drug-likeness (QED) is 0.395. The highest BCUT2D eigenvalue weighted by Crippen LogP contribution is 2.34. The lowest BCUT2D eigenvalue weighted by Crippen LogP contribution is -2.36. The number of nitrogens with two attached hydrogens (primary N) is 1. The molecule has 1 heterocycles. The number of rotatable bonds is 7. The molecule has 1 amide bonds. The molecular weight excluding hydrogens is 467 g/mol. The summed E-state index contributed by atoms with van der Waals surface area (Å²) in [6.07, 6.45) is 0. The van der Waals surface area contributed by atoms with Crippen LogP contribution >= 0.6 is 23.4 Å². The maximum atomic E-state index is 14.4. The summed E-state index contributed by atoms with van der Waals surface area (Å²) in [6.45, 7) is 1.11. The van der Waals surface area contributed by atoms with Crippen molar-refractivity contribution in [3.8, 4) is 6.07 Å². The standard InChI is InChI=1S/C20H15ClF3N5O2S/c1-10(32-16-6-13(22)5-15(24)18(16)21)19(30)29(9-17-27-28-20(26)31-17)8-12-3-2-11(7-25)4-14(12)23/h2-6,10H,8-9H2,1H3,(H2,26,28)/t10-/m0/s1. The number of thioether (sulfide) groups is 1. The van der Waals surface area contributed by atoms with E-state index in [4.69, 9.17) is 27.0 Å². The van der Waals surface area contributed by atoms with E-state index in [0.717, 1.165) is 23.9 Å². The summed E-state index contributed by atoms with van der Waals surface area (Å²) in [5.74, 6) is -2.98. The Morgan fingerprint density at radius 3 is 2.62 bits per heavy atom. The number of amides is 1. The summed E-state index contributed by atoms with van der Waals surface area (Å²) >= 11 is 6.73. The monoisotopic (exact) mass is 481 g/mol. The Hall–Kier alpha value is -3.23. The van der Waals surface area contributed by atoms with E-state index in [0.29, 0.717) is 6.07 Å². The fraction of sp³-hybridized carbons (Fsp3) is 0.200. The molecule has 12 heteroatoms. The molecule has 3 aromatic rings. The van der Waals surface area contributed by atoms with E-state index in [1.165, 1.54) is 24.0 Å². The average Bonchev–Trinajstić information content (AvgIpc) is 3.16. The van der Waals surface area contributed by atoms with Crippen LogP contribution in [0.25, 0.3) is 0 Å². The molecule has 2 N–H and O–H groups in total. The normalized spacial score (nSPS) is 11.8. The zero-order valence-electron chi connectivity index (χ0n) is 16.5. The third kappa shape index (κ3) is 5.52. The molecule has 0 spiro atoms. The summed E-state index contributed by atoms with van der Waals surface area (Å²) in [4.78, 5) is 14.4. The molecule has 166 valence electrons. The van der Waals surface area contributed by atoms with Gasteiger partial charge in [-0.1, -0.05) is 22.8 Å². The SMILES string of the molecule is C[C@H](Sc1cc(F)cc(F)c1Cl)C(=O)N(Cc1nnc(N)o1)Cc1ccc(C#N)cc1F. The molecular formula is C20H15ClF3N5O2S. The van der Waals surface area contributed by atoms with E-state index in [9.17, 15) is 18.0 Å². The molecule has 0 aliphatic heterocycles. The molecule has 0 unspecified atom stereocenters. The topological polar surface area (TPSA) is 109 Å². The van der Waals surface area contributed by atoms with Crippen LogP contribution in [0, 0.1) is 28.8 Å². The van der Waals surface area contributed by atoms with E-state index in [1.54, 1.807) is 0 Å². The van der Waals surface area contributed by atoms with Crippen molar-refractivity contribution in [2.75, 3.05) is 5.73 Å². The Labute approximate surface area is 190 Å². The van der Waals surface area contributed by atoms with Crippen LogP contribution in [0.3, 0.4) is 0 Å². The third-order valence-corrected chi connectivity index (χ3v) is 5.90. The number of carbonyl (C=O) groups excluding carboxylic acids is 1. The van der Waals surface area contributed by atoms with Gasteiger partial charge in [-0.3, -0.25) is 4.79 Å². The number of anilines is 1. The predicted molar refractivity (Wildman–Crippen MR) is 111 cm³/mol. The van der Waals surface area contributed by atoms with Gasteiger partial charge >= 0.3 is 6.01 Å². The van der Waals surface area contributed by atoms with Crippen molar-refractivity contribution in [3.05, 3.63) is 69.8 Å². The van der Waals surface area contributed by atoms with Crippen LogP contribution in [-0.2, 0) is 17.9 Å². The molecule has 0 bridgehead atoms. The molecule has 1 atom stereocenters. The molecule has 3 rings (SSSR count). The smallest absolute Gasteiger partial charge is 0.312 e. The van der Waals surface area contributed by atoms with Crippen LogP contribution < -0.4 is 5.73 Å². The highest BCUT2D eigenvalue weighted by Gasteiger charge is 2.26. The van der Waals surface area contributed by atoms with Gasteiger partial charge < -0.3 is 15.1 Å². The van der Waals surface area contributed by atoms with E-state index in [1.807, 2.05) is 6.07 Å². The first-order valence-electron chi connectivity index (χ1n) is 9.04. The zero-order valence-corrected chi connectivity index (χ0v) is 18.1. The van der Waals surface area contributed by atoms with Crippen molar-refractivity contribution in [2.24, 2.45) is 0 Å². The third-order valence-electron chi connectivity index (χ3n) is 4.27.